The van der Waals surface area contributed by atoms with Gasteiger partial charge >= 0.3 is 0 Å². The lowest BCUT2D eigenvalue weighted by atomic mass is 10.1. The molecule has 30 heavy (non-hydrogen) atoms. The number of nitrogens with zero attached hydrogens (tertiary/aromatic N) is 1. The van der Waals surface area contributed by atoms with E-state index in [0.717, 1.165) is 28.1 Å². The summed E-state index contributed by atoms with van der Waals surface area (Å²) in [6.07, 6.45) is 1.66. The summed E-state index contributed by atoms with van der Waals surface area (Å²) in [5, 5.41) is 12.0. The number of ether oxygens (including phenoxy) is 1. The molecule has 0 spiro atoms. The molecule has 0 atom stereocenters. The van der Waals surface area contributed by atoms with Gasteiger partial charge in [-0.15, -0.1) is 0 Å². The molecule has 4 rings (SSSR count). The molecule has 0 saturated carbocycles. The van der Waals surface area contributed by atoms with E-state index in [-0.39, 0.29) is 23.4 Å². The minimum absolute atomic E-state index is 0.0685. The molecule has 1 aliphatic rings. The molecular formula is C23H18INO4S. The van der Waals surface area contributed by atoms with E-state index in [4.69, 9.17) is 4.74 Å². The average Bonchev–Trinajstić information content (AvgIpc) is 2.99. The Morgan fingerprint density at radius 1 is 1.10 bits per heavy atom. The molecule has 1 N–H and O–H groups in total. The van der Waals surface area contributed by atoms with Crippen molar-refractivity contribution in [2.45, 2.75) is 13.5 Å². The molecule has 7 heteroatoms. The third kappa shape index (κ3) is 4.17. The maximum Gasteiger partial charge on any atom is 0.293 e. The van der Waals surface area contributed by atoms with Crippen molar-refractivity contribution in [3.63, 3.8) is 0 Å². The van der Waals surface area contributed by atoms with E-state index in [1.165, 1.54) is 4.90 Å². The van der Waals surface area contributed by atoms with E-state index in [2.05, 4.69) is 0 Å². The smallest absolute Gasteiger partial charge is 0.293 e. The van der Waals surface area contributed by atoms with Gasteiger partial charge in [0.15, 0.2) is 11.5 Å². The largest absolute Gasteiger partial charge is 0.504 e. The summed E-state index contributed by atoms with van der Waals surface area (Å²) < 4.78 is 6.06. The molecule has 1 fully saturated rings. The van der Waals surface area contributed by atoms with E-state index in [1.807, 2.05) is 72.0 Å². The van der Waals surface area contributed by atoms with Gasteiger partial charge in [0.1, 0.15) is 0 Å². The number of thioether (sulfide) groups is 1. The summed E-state index contributed by atoms with van der Waals surface area (Å²) in [5.41, 5.74) is 1.59. The van der Waals surface area contributed by atoms with Gasteiger partial charge in [0.2, 0.25) is 0 Å². The Labute approximate surface area is 191 Å². The fraction of sp³-hybridized carbons (Fsp3) is 0.130. The Morgan fingerprint density at radius 2 is 1.87 bits per heavy atom. The number of halogens is 1. The summed E-state index contributed by atoms with van der Waals surface area (Å²) in [6.45, 7) is 2.47. The predicted octanol–water partition coefficient (Wildman–Crippen LogP) is 5.79. The van der Waals surface area contributed by atoms with Crippen molar-refractivity contribution in [2.24, 2.45) is 0 Å². The molecule has 5 nitrogen and oxygen atoms in total. The van der Waals surface area contributed by atoms with Gasteiger partial charge in [-0.2, -0.15) is 0 Å². The molecule has 1 saturated heterocycles. The van der Waals surface area contributed by atoms with Crippen LogP contribution in [0.25, 0.3) is 16.8 Å². The summed E-state index contributed by atoms with van der Waals surface area (Å²) in [7, 11) is 0. The van der Waals surface area contributed by atoms with E-state index in [9.17, 15) is 14.7 Å². The molecule has 0 unspecified atom stereocenters. The number of rotatable bonds is 5. The van der Waals surface area contributed by atoms with Gasteiger partial charge in [-0.25, -0.2) is 0 Å². The van der Waals surface area contributed by atoms with Crippen molar-refractivity contribution in [3.05, 3.63) is 74.2 Å². The first-order valence-corrected chi connectivity index (χ1v) is 11.2. The third-order valence-electron chi connectivity index (χ3n) is 4.68. The summed E-state index contributed by atoms with van der Waals surface area (Å²) in [4.78, 5) is 27.0. The SMILES string of the molecule is CCOc1cc(C=C2SC(=O)N(Cc3ccc4ccccc4c3)C2=O)cc(I)c1O. The molecule has 0 radical (unpaired) electrons. The normalized spacial score (nSPS) is 15.4. The number of aromatic hydroxyl groups is 1. The number of fused-ring (bicyclic) bond motifs is 1. The number of benzene rings is 3. The van der Waals surface area contributed by atoms with Gasteiger partial charge in [-0.1, -0.05) is 36.4 Å². The lowest BCUT2D eigenvalue weighted by molar-refractivity contribution is -0.123. The van der Waals surface area contributed by atoms with Crippen molar-refractivity contribution in [3.8, 4) is 11.5 Å². The van der Waals surface area contributed by atoms with Crippen LogP contribution in [-0.2, 0) is 11.3 Å². The van der Waals surface area contributed by atoms with Crippen molar-refractivity contribution in [1.82, 2.24) is 4.90 Å². The van der Waals surface area contributed by atoms with Crippen LogP contribution in [0.4, 0.5) is 4.79 Å². The van der Waals surface area contributed by atoms with Gasteiger partial charge in [-0.3, -0.25) is 14.5 Å². The summed E-state index contributed by atoms with van der Waals surface area (Å²) >= 11 is 2.93. The number of carbonyl (C=O) groups excluding carboxylic acids is 2. The van der Waals surface area contributed by atoms with Crippen LogP contribution < -0.4 is 4.74 Å². The molecule has 1 aliphatic heterocycles. The molecule has 0 aromatic heterocycles. The fourth-order valence-corrected chi connectivity index (χ4v) is 4.71. The first kappa shape index (κ1) is 20.7. The molecular weight excluding hydrogens is 513 g/mol. The molecule has 3 aromatic carbocycles. The Bertz CT molecular complexity index is 1190. The van der Waals surface area contributed by atoms with Crippen LogP contribution in [0.5, 0.6) is 11.5 Å². The highest BCUT2D eigenvalue weighted by Crippen LogP contribution is 2.37. The lowest BCUT2D eigenvalue weighted by Crippen LogP contribution is -2.27. The Balaban J connectivity index is 1.59. The van der Waals surface area contributed by atoms with Crippen LogP contribution in [-0.4, -0.2) is 27.8 Å². The molecule has 2 amide bonds. The predicted molar refractivity (Wildman–Crippen MR) is 127 cm³/mol. The molecule has 1 heterocycles. The number of phenolic OH excluding ortho intramolecular Hbond substituents is 1. The monoisotopic (exact) mass is 531 g/mol. The highest BCUT2D eigenvalue weighted by Gasteiger charge is 2.35. The first-order valence-electron chi connectivity index (χ1n) is 9.34. The molecule has 0 aliphatic carbocycles. The van der Waals surface area contributed by atoms with Crippen molar-refractivity contribution >= 4 is 62.3 Å². The maximum absolute atomic E-state index is 12.9. The van der Waals surface area contributed by atoms with Gasteiger partial charge in [-0.05, 0) is 87.5 Å². The maximum atomic E-state index is 12.9. The van der Waals surface area contributed by atoms with Crippen LogP contribution in [0.3, 0.4) is 0 Å². The second-order valence-electron chi connectivity index (χ2n) is 6.73. The second-order valence-corrected chi connectivity index (χ2v) is 8.89. The Morgan fingerprint density at radius 3 is 2.63 bits per heavy atom. The second kappa shape index (κ2) is 8.69. The first-order chi connectivity index (χ1) is 14.5. The number of hydrogen-bond acceptors (Lipinski definition) is 5. The summed E-state index contributed by atoms with van der Waals surface area (Å²) in [6, 6.07) is 17.3. The standard InChI is InChI=1S/C23H18INO4S/c1-2-29-19-11-15(10-18(24)21(19)26)12-20-22(27)25(23(28)30-20)13-14-7-8-16-5-3-4-6-17(16)9-14/h3-12,26H,2,13H2,1H3. The van der Waals surface area contributed by atoms with E-state index in [0.29, 0.717) is 26.4 Å². The third-order valence-corrected chi connectivity index (χ3v) is 6.41. The molecule has 3 aromatic rings. The Hall–Kier alpha value is -2.52. The van der Waals surface area contributed by atoms with E-state index < -0.39 is 0 Å². The number of carbonyl (C=O) groups is 2. The van der Waals surface area contributed by atoms with Crippen LogP contribution in [0.1, 0.15) is 18.1 Å². The highest BCUT2D eigenvalue weighted by atomic mass is 127. The number of phenols is 1. The van der Waals surface area contributed by atoms with E-state index in [1.54, 1.807) is 18.2 Å². The topological polar surface area (TPSA) is 66.8 Å². The van der Waals surface area contributed by atoms with Gasteiger partial charge in [0.05, 0.1) is 21.6 Å². The van der Waals surface area contributed by atoms with Gasteiger partial charge in [0.25, 0.3) is 11.1 Å². The minimum Gasteiger partial charge on any atom is -0.504 e. The van der Waals surface area contributed by atoms with Crippen LogP contribution in [0.15, 0.2) is 59.5 Å². The zero-order valence-corrected chi connectivity index (χ0v) is 19.1. The summed E-state index contributed by atoms with van der Waals surface area (Å²) in [5.74, 6) is 0.101. The quantitative estimate of drug-likeness (QED) is 0.334. The fourth-order valence-electron chi connectivity index (χ4n) is 3.25. The zero-order valence-electron chi connectivity index (χ0n) is 16.1. The number of amides is 2. The van der Waals surface area contributed by atoms with Crippen LogP contribution in [0.2, 0.25) is 0 Å². The molecule has 152 valence electrons. The van der Waals surface area contributed by atoms with Gasteiger partial charge in [0, 0.05) is 0 Å². The van der Waals surface area contributed by atoms with Crippen LogP contribution >= 0.6 is 34.4 Å². The van der Waals surface area contributed by atoms with Crippen molar-refractivity contribution in [2.75, 3.05) is 6.61 Å². The van der Waals surface area contributed by atoms with Crippen molar-refractivity contribution in [1.29, 1.82) is 0 Å². The number of imide groups is 1. The van der Waals surface area contributed by atoms with E-state index >= 15 is 0 Å². The minimum atomic E-state index is -0.320. The average molecular weight is 531 g/mol. The van der Waals surface area contributed by atoms with Crippen LogP contribution in [0, 0.1) is 3.57 Å². The zero-order chi connectivity index (χ0) is 21.3. The molecule has 0 bridgehead atoms. The van der Waals surface area contributed by atoms with Crippen molar-refractivity contribution < 1.29 is 19.4 Å². The lowest BCUT2D eigenvalue weighted by Gasteiger charge is -2.13. The number of hydrogen-bond donors (Lipinski definition) is 1. The Kier molecular flexibility index (Phi) is 6.01. The van der Waals surface area contributed by atoms with Gasteiger partial charge < -0.3 is 9.84 Å². The highest BCUT2D eigenvalue weighted by molar-refractivity contribution is 14.1.